The van der Waals surface area contributed by atoms with E-state index in [0.717, 1.165) is 5.82 Å². The van der Waals surface area contributed by atoms with Gasteiger partial charge < -0.3 is 15.5 Å². The molecule has 6 heteroatoms. The van der Waals surface area contributed by atoms with Crippen LogP contribution in [0, 0.1) is 5.82 Å². The van der Waals surface area contributed by atoms with Gasteiger partial charge in [-0.3, -0.25) is 4.79 Å². The molecule has 1 aromatic heterocycles. The Morgan fingerprint density at radius 3 is 2.48 bits per heavy atom. The number of nitrogens with two attached hydrogens (primary N) is 1. The topological polar surface area (TPSA) is 62.5 Å². The smallest absolute Gasteiger partial charge is 0.256 e. The van der Waals surface area contributed by atoms with E-state index >= 15 is 0 Å². The second-order valence-electron chi connectivity index (χ2n) is 6.74. The average Bonchev–Trinajstić information content (AvgIpc) is 3.47. The predicted molar refractivity (Wildman–Crippen MR) is 95.1 cm³/mol. The van der Waals surface area contributed by atoms with Gasteiger partial charge in [-0.2, -0.15) is 0 Å². The second-order valence-corrected chi connectivity index (χ2v) is 6.74. The highest BCUT2D eigenvalue weighted by atomic mass is 19.1. The van der Waals surface area contributed by atoms with Crippen LogP contribution in [0.1, 0.15) is 34.7 Å². The fourth-order valence-electron chi connectivity index (χ4n) is 3.26. The van der Waals surface area contributed by atoms with Crippen molar-refractivity contribution in [2.45, 2.75) is 18.8 Å². The normalized spacial score (nSPS) is 17.6. The number of pyridine rings is 1. The number of piperazine rings is 1. The number of rotatable bonds is 3. The monoisotopic (exact) mass is 340 g/mol. The van der Waals surface area contributed by atoms with E-state index in [-0.39, 0.29) is 11.5 Å². The van der Waals surface area contributed by atoms with Crippen molar-refractivity contribution in [1.29, 1.82) is 0 Å². The van der Waals surface area contributed by atoms with Crippen LogP contribution in [0.15, 0.2) is 36.5 Å². The number of hydrogen-bond donors (Lipinski definition) is 1. The molecule has 0 atom stereocenters. The zero-order chi connectivity index (χ0) is 17.4. The third-order valence-electron chi connectivity index (χ3n) is 4.93. The van der Waals surface area contributed by atoms with Gasteiger partial charge in [0.05, 0.1) is 5.56 Å². The van der Waals surface area contributed by atoms with E-state index in [1.54, 1.807) is 11.0 Å². The first-order valence-corrected chi connectivity index (χ1v) is 8.67. The van der Waals surface area contributed by atoms with Gasteiger partial charge in [0, 0.05) is 38.1 Å². The van der Waals surface area contributed by atoms with Gasteiger partial charge in [-0.25, -0.2) is 9.37 Å². The number of benzene rings is 1. The minimum absolute atomic E-state index is 0.0783. The van der Waals surface area contributed by atoms with Gasteiger partial charge in [0.15, 0.2) is 0 Å². The summed E-state index contributed by atoms with van der Waals surface area (Å²) in [5, 5.41) is 0. The van der Waals surface area contributed by atoms with Gasteiger partial charge in [0.25, 0.3) is 5.91 Å². The molecule has 1 aliphatic heterocycles. The molecule has 4 rings (SSSR count). The number of nitrogen functional groups attached to an aromatic ring is 1. The molecule has 0 bridgehead atoms. The van der Waals surface area contributed by atoms with E-state index in [9.17, 15) is 9.18 Å². The molecule has 2 N–H and O–H groups in total. The first-order chi connectivity index (χ1) is 12.1. The molecule has 2 aromatic rings. The Kier molecular flexibility index (Phi) is 4.03. The van der Waals surface area contributed by atoms with Gasteiger partial charge >= 0.3 is 0 Å². The number of halogens is 1. The first-order valence-electron chi connectivity index (χ1n) is 8.67. The van der Waals surface area contributed by atoms with E-state index in [4.69, 9.17) is 5.73 Å². The third kappa shape index (κ3) is 3.29. The first kappa shape index (κ1) is 15.9. The summed E-state index contributed by atoms with van der Waals surface area (Å²) in [6.07, 6.45) is 4.50. The Hall–Kier alpha value is -2.63. The summed E-state index contributed by atoms with van der Waals surface area (Å²) in [6.45, 7) is 2.49. The van der Waals surface area contributed by atoms with E-state index in [1.807, 2.05) is 6.20 Å². The molecule has 2 aliphatic rings. The van der Waals surface area contributed by atoms with Crippen molar-refractivity contribution in [3.05, 3.63) is 53.5 Å². The maximum Gasteiger partial charge on any atom is 0.256 e. The van der Waals surface area contributed by atoms with Crippen molar-refractivity contribution in [3.63, 3.8) is 0 Å². The largest absolute Gasteiger partial charge is 0.399 e. The fourth-order valence-corrected chi connectivity index (χ4v) is 3.26. The van der Waals surface area contributed by atoms with Crippen molar-refractivity contribution in [2.24, 2.45) is 0 Å². The molecule has 130 valence electrons. The summed E-state index contributed by atoms with van der Waals surface area (Å²) >= 11 is 0. The van der Waals surface area contributed by atoms with E-state index in [0.29, 0.717) is 37.8 Å². The van der Waals surface area contributed by atoms with Gasteiger partial charge in [-0.15, -0.1) is 0 Å². The highest BCUT2D eigenvalue weighted by Crippen LogP contribution is 2.39. The fraction of sp³-hybridized carbons (Fsp3) is 0.368. The average molecular weight is 340 g/mol. The predicted octanol–water partition coefficient (Wildman–Crippen LogP) is 2.64. The molecule has 5 nitrogen and oxygen atoms in total. The Bertz CT molecular complexity index is 781. The number of hydrogen-bond acceptors (Lipinski definition) is 4. The van der Waals surface area contributed by atoms with Gasteiger partial charge in [0.1, 0.15) is 11.6 Å². The number of nitrogens with zero attached hydrogens (tertiary/aromatic N) is 3. The Labute approximate surface area is 146 Å². The minimum atomic E-state index is -0.565. The molecular formula is C19H21FN4O. The number of carbonyl (C=O) groups excluding carboxylic acids is 1. The van der Waals surface area contributed by atoms with Crippen molar-refractivity contribution >= 4 is 17.4 Å². The SMILES string of the molecule is Nc1ccc(C(=O)N2CCN(c3ccc(C4CC4)cn3)CC2)c(F)c1. The van der Waals surface area contributed by atoms with E-state index < -0.39 is 5.82 Å². The number of carbonyl (C=O) groups is 1. The van der Waals surface area contributed by atoms with Crippen molar-refractivity contribution in [1.82, 2.24) is 9.88 Å². The lowest BCUT2D eigenvalue weighted by atomic mass is 10.1. The number of amides is 1. The van der Waals surface area contributed by atoms with Gasteiger partial charge in [-0.1, -0.05) is 6.07 Å². The zero-order valence-corrected chi connectivity index (χ0v) is 14.0. The minimum Gasteiger partial charge on any atom is -0.399 e. The Balaban J connectivity index is 1.39. The molecule has 25 heavy (non-hydrogen) atoms. The molecule has 1 saturated heterocycles. The van der Waals surface area contributed by atoms with Crippen LogP contribution in [0.3, 0.4) is 0 Å². The quantitative estimate of drug-likeness (QED) is 0.873. The lowest BCUT2D eigenvalue weighted by molar-refractivity contribution is 0.0742. The summed E-state index contributed by atoms with van der Waals surface area (Å²) in [6, 6.07) is 8.41. The van der Waals surface area contributed by atoms with Crippen LogP contribution in [-0.4, -0.2) is 42.0 Å². The van der Waals surface area contributed by atoms with Crippen LogP contribution in [-0.2, 0) is 0 Å². The highest BCUT2D eigenvalue weighted by Gasteiger charge is 2.26. The summed E-state index contributed by atoms with van der Waals surface area (Å²) in [5.41, 5.74) is 7.26. The molecule has 1 aromatic carbocycles. The molecule has 1 amide bonds. The molecule has 0 radical (unpaired) electrons. The van der Waals surface area contributed by atoms with E-state index in [1.165, 1.54) is 30.5 Å². The van der Waals surface area contributed by atoms with Crippen molar-refractivity contribution < 1.29 is 9.18 Å². The maximum atomic E-state index is 14.0. The Morgan fingerprint density at radius 2 is 1.88 bits per heavy atom. The van der Waals surface area contributed by atoms with Crippen LogP contribution in [0.25, 0.3) is 0 Å². The van der Waals surface area contributed by atoms with Crippen LogP contribution in [0.2, 0.25) is 0 Å². The molecular weight excluding hydrogens is 319 g/mol. The van der Waals surface area contributed by atoms with Crippen LogP contribution >= 0.6 is 0 Å². The summed E-state index contributed by atoms with van der Waals surface area (Å²) in [7, 11) is 0. The van der Waals surface area contributed by atoms with E-state index in [2.05, 4.69) is 22.0 Å². The third-order valence-corrected chi connectivity index (χ3v) is 4.93. The summed E-state index contributed by atoms with van der Waals surface area (Å²) in [5.74, 6) is 0.792. The second kappa shape index (κ2) is 6.35. The summed E-state index contributed by atoms with van der Waals surface area (Å²) in [4.78, 5) is 20.9. The maximum absolute atomic E-state index is 14.0. The highest BCUT2D eigenvalue weighted by molar-refractivity contribution is 5.95. The van der Waals surface area contributed by atoms with Crippen molar-refractivity contribution in [3.8, 4) is 0 Å². The molecule has 1 saturated carbocycles. The lowest BCUT2D eigenvalue weighted by Gasteiger charge is -2.35. The zero-order valence-electron chi connectivity index (χ0n) is 14.0. The lowest BCUT2D eigenvalue weighted by Crippen LogP contribution is -2.49. The van der Waals surface area contributed by atoms with Gasteiger partial charge in [0.2, 0.25) is 0 Å². The molecule has 1 aliphatic carbocycles. The van der Waals surface area contributed by atoms with Crippen LogP contribution < -0.4 is 10.6 Å². The molecule has 2 fully saturated rings. The number of anilines is 2. The van der Waals surface area contributed by atoms with Crippen LogP contribution in [0.4, 0.5) is 15.9 Å². The Morgan fingerprint density at radius 1 is 1.12 bits per heavy atom. The standard InChI is InChI=1S/C19H21FN4O/c20-17-11-15(21)4-5-16(17)19(25)24-9-7-23(8-10-24)18-6-3-14(12-22-18)13-1-2-13/h3-6,11-13H,1-2,7-10,21H2. The molecule has 0 unspecified atom stereocenters. The van der Waals surface area contributed by atoms with Crippen molar-refractivity contribution in [2.75, 3.05) is 36.8 Å². The summed E-state index contributed by atoms with van der Waals surface area (Å²) < 4.78 is 14.0. The van der Waals surface area contributed by atoms with Gasteiger partial charge in [-0.05, 0) is 48.6 Å². The van der Waals surface area contributed by atoms with Crippen LogP contribution in [0.5, 0.6) is 0 Å². The molecule has 0 spiro atoms. The number of aromatic nitrogens is 1. The molecule has 2 heterocycles.